The number of carbonyl (C=O) groups excluding carboxylic acids is 2. The number of nitrogens with one attached hydrogen (secondary N) is 1. The van der Waals surface area contributed by atoms with Crippen LogP contribution in [0.5, 0.6) is 0 Å². The summed E-state index contributed by atoms with van der Waals surface area (Å²) in [6.07, 6.45) is 4.07. The summed E-state index contributed by atoms with van der Waals surface area (Å²) >= 11 is 0. The smallest absolute Gasteiger partial charge is 0.341 e. The first-order valence-electron chi connectivity index (χ1n) is 8.72. The number of carbonyl (C=O) groups is 2. The summed E-state index contributed by atoms with van der Waals surface area (Å²) in [5, 5.41) is 13.7. The molecule has 0 saturated heterocycles. The van der Waals surface area contributed by atoms with Gasteiger partial charge in [0.05, 0.1) is 10.5 Å². The Morgan fingerprint density at radius 3 is 2.54 bits per heavy atom. The fourth-order valence-corrected chi connectivity index (χ4v) is 3.17. The highest BCUT2D eigenvalue weighted by atomic mass is 16.6. The number of anilines is 1. The molecular formula is C18H25N3O5. The summed E-state index contributed by atoms with van der Waals surface area (Å²) in [6, 6.07) is 4.05. The Bertz CT molecular complexity index is 683. The maximum atomic E-state index is 12.3. The second-order valence-corrected chi connectivity index (χ2v) is 6.73. The molecule has 0 heterocycles. The van der Waals surface area contributed by atoms with E-state index in [2.05, 4.69) is 12.2 Å². The van der Waals surface area contributed by atoms with Crippen LogP contribution in [0.3, 0.4) is 0 Å². The van der Waals surface area contributed by atoms with Crippen molar-refractivity contribution < 1.29 is 19.2 Å². The molecule has 0 unspecified atom stereocenters. The van der Waals surface area contributed by atoms with Crippen molar-refractivity contribution in [2.75, 3.05) is 26.0 Å². The summed E-state index contributed by atoms with van der Waals surface area (Å²) in [6.45, 7) is 1.82. The Balaban J connectivity index is 1.98. The average Bonchev–Trinajstić information content (AvgIpc) is 2.65. The molecule has 26 heavy (non-hydrogen) atoms. The molecular weight excluding hydrogens is 338 g/mol. The minimum Gasteiger partial charge on any atom is -0.452 e. The minimum atomic E-state index is -0.767. The van der Waals surface area contributed by atoms with E-state index in [0.29, 0.717) is 11.6 Å². The lowest BCUT2D eigenvalue weighted by atomic mass is 9.87. The van der Waals surface area contributed by atoms with E-state index in [1.54, 1.807) is 19.0 Å². The van der Waals surface area contributed by atoms with Crippen LogP contribution in [0.25, 0.3) is 0 Å². The summed E-state index contributed by atoms with van der Waals surface area (Å²) in [7, 11) is 3.32. The van der Waals surface area contributed by atoms with Gasteiger partial charge in [-0.2, -0.15) is 0 Å². The largest absolute Gasteiger partial charge is 0.452 e. The molecule has 0 atom stereocenters. The Kier molecular flexibility index (Phi) is 6.54. The number of esters is 1. The van der Waals surface area contributed by atoms with E-state index in [1.165, 1.54) is 12.1 Å². The number of nitro benzene ring substituents is 1. The molecule has 1 amide bonds. The van der Waals surface area contributed by atoms with Crippen molar-refractivity contribution in [1.82, 2.24) is 4.90 Å². The fourth-order valence-electron chi connectivity index (χ4n) is 3.17. The predicted molar refractivity (Wildman–Crippen MR) is 97.1 cm³/mol. The topological polar surface area (TPSA) is 102 Å². The SMILES string of the molecule is CNc1ccc([N+](=O)[O-])cc1C(=O)OCC(=O)N(C)C1CCC(C)CC1. The highest BCUT2D eigenvalue weighted by Gasteiger charge is 2.26. The molecule has 2 rings (SSSR count). The number of ether oxygens (including phenoxy) is 1. The summed E-state index contributed by atoms with van der Waals surface area (Å²) in [4.78, 5) is 36.6. The van der Waals surface area contributed by atoms with Gasteiger partial charge in [-0.15, -0.1) is 0 Å². The van der Waals surface area contributed by atoms with E-state index >= 15 is 0 Å². The van der Waals surface area contributed by atoms with E-state index in [4.69, 9.17) is 4.74 Å². The zero-order valence-electron chi connectivity index (χ0n) is 15.4. The first-order valence-corrected chi connectivity index (χ1v) is 8.72. The van der Waals surface area contributed by atoms with E-state index in [-0.39, 0.29) is 29.8 Å². The second kappa shape index (κ2) is 8.64. The first-order chi connectivity index (χ1) is 12.3. The second-order valence-electron chi connectivity index (χ2n) is 6.73. The highest BCUT2D eigenvalue weighted by Crippen LogP contribution is 2.27. The Morgan fingerprint density at radius 2 is 1.96 bits per heavy atom. The number of amides is 1. The summed E-state index contributed by atoms with van der Waals surface area (Å²) in [5.41, 5.74) is 0.224. The van der Waals surface area contributed by atoms with Gasteiger partial charge in [0.1, 0.15) is 0 Å². The van der Waals surface area contributed by atoms with Gasteiger partial charge >= 0.3 is 5.97 Å². The molecule has 1 aromatic carbocycles. The van der Waals surface area contributed by atoms with E-state index in [1.807, 2.05) is 0 Å². The van der Waals surface area contributed by atoms with Crippen LogP contribution in [0.1, 0.15) is 43.0 Å². The van der Waals surface area contributed by atoms with Crippen LogP contribution in [0.2, 0.25) is 0 Å². The number of hydrogen-bond donors (Lipinski definition) is 1. The van der Waals surface area contributed by atoms with Crippen molar-refractivity contribution in [3.8, 4) is 0 Å². The third-order valence-electron chi connectivity index (χ3n) is 4.96. The number of likely N-dealkylation sites (N-methyl/N-ethyl adjacent to an activating group) is 1. The molecule has 0 aromatic heterocycles. The molecule has 1 aliphatic carbocycles. The molecule has 0 aliphatic heterocycles. The van der Waals surface area contributed by atoms with Crippen molar-refractivity contribution in [3.63, 3.8) is 0 Å². The van der Waals surface area contributed by atoms with Gasteiger partial charge in [-0.05, 0) is 37.7 Å². The van der Waals surface area contributed by atoms with Crippen molar-refractivity contribution in [2.45, 2.75) is 38.6 Å². The third-order valence-corrected chi connectivity index (χ3v) is 4.96. The molecule has 0 radical (unpaired) electrons. The van der Waals surface area contributed by atoms with Gasteiger partial charge in [0, 0.05) is 38.0 Å². The van der Waals surface area contributed by atoms with E-state index < -0.39 is 10.9 Å². The molecule has 8 heteroatoms. The molecule has 1 aromatic rings. The van der Waals surface area contributed by atoms with Crippen LogP contribution in [0.4, 0.5) is 11.4 Å². The minimum absolute atomic E-state index is 0.0312. The lowest BCUT2D eigenvalue weighted by molar-refractivity contribution is -0.384. The summed E-state index contributed by atoms with van der Waals surface area (Å²) < 4.78 is 5.11. The van der Waals surface area contributed by atoms with Gasteiger partial charge in [0.25, 0.3) is 11.6 Å². The monoisotopic (exact) mass is 363 g/mol. The normalized spacial score (nSPS) is 19.5. The van der Waals surface area contributed by atoms with Crippen molar-refractivity contribution in [1.29, 1.82) is 0 Å². The number of non-ortho nitro benzene ring substituents is 1. The van der Waals surface area contributed by atoms with E-state index in [0.717, 1.165) is 31.7 Å². The maximum Gasteiger partial charge on any atom is 0.341 e. The zero-order chi connectivity index (χ0) is 19.3. The Hall–Kier alpha value is -2.64. The summed E-state index contributed by atoms with van der Waals surface area (Å²) in [5.74, 6) is -0.354. The number of nitro groups is 1. The molecule has 142 valence electrons. The number of rotatable bonds is 6. The van der Waals surface area contributed by atoms with Crippen LogP contribution in [-0.4, -0.2) is 48.4 Å². The molecule has 8 nitrogen and oxygen atoms in total. The molecule has 0 bridgehead atoms. The van der Waals surface area contributed by atoms with E-state index in [9.17, 15) is 19.7 Å². The van der Waals surface area contributed by atoms with Crippen molar-refractivity contribution >= 4 is 23.3 Å². The zero-order valence-corrected chi connectivity index (χ0v) is 15.4. The molecule has 1 aliphatic rings. The fraction of sp³-hybridized carbons (Fsp3) is 0.556. The van der Waals surface area contributed by atoms with Crippen LogP contribution in [0, 0.1) is 16.0 Å². The van der Waals surface area contributed by atoms with Gasteiger partial charge < -0.3 is 15.0 Å². The van der Waals surface area contributed by atoms with Gasteiger partial charge in [-0.25, -0.2) is 4.79 Å². The number of benzene rings is 1. The van der Waals surface area contributed by atoms with Gasteiger partial charge in [-0.3, -0.25) is 14.9 Å². The van der Waals surface area contributed by atoms with Crippen LogP contribution < -0.4 is 5.32 Å². The van der Waals surface area contributed by atoms with Gasteiger partial charge in [0.2, 0.25) is 0 Å². The maximum absolute atomic E-state index is 12.3. The lowest BCUT2D eigenvalue weighted by Gasteiger charge is -2.33. The quantitative estimate of drug-likeness (QED) is 0.474. The first kappa shape index (κ1) is 19.7. The molecule has 1 fully saturated rings. The third kappa shape index (κ3) is 4.71. The lowest BCUT2D eigenvalue weighted by Crippen LogP contribution is -2.41. The van der Waals surface area contributed by atoms with Crippen LogP contribution in [0.15, 0.2) is 18.2 Å². The van der Waals surface area contributed by atoms with Gasteiger partial charge in [0.15, 0.2) is 6.61 Å². The number of nitrogens with zero attached hydrogens (tertiary/aromatic N) is 2. The predicted octanol–water partition coefficient (Wildman–Crippen LogP) is 2.83. The molecule has 1 N–H and O–H groups in total. The van der Waals surface area contributed by atoms with Gasteiger partial charge in [-0.1, -0.05) is 6.92 Å². The Morgan fingerprint density at radius 1 is 1.31 bits per heavy atom. The van der Waals surface area contributed by atoms with Crippen molar-refractivity contribution in [3.05, 3.63) is 33.9 Å². The van der Waals surface area contributed by atoms with Crippen molar-refractivity contribution in [2.24, 2.45) is 5.92 Å². The van der Waals surface area contributed by atoms with Crippen LogP contribution >= 0.6 is 0 Å². The molecule has 1 saturated carbocycles. The highest BCUT2D eigenvalue weighted by molar-refractivity contribution is 5.97. The standard InChI is InChI=1S/C18H25N3O5/c1-12-4-6-13(7-5-12)20(3)17(22)11-26-18(23)15-10-14(21(24)25)8-9-16(15)19-2/h8-10,12-13,19H,4-7,11H2,1-3H3. The van der Waals surface area contributed by atoms with Crippen LogP contribution in [-0.2, 0) is 9.53 Å². The Labute approximate surface area is 152 Å². The average molecular weight is 363 g/mol. The molecule has 0 spiro atoms. The number of hydrogen-bond acceptors (Lipinski definition) is 6.